The van der Waals surface area contributed by atoms with Crippen LogP contribution in [0.4, 0.5) is 11.5 Å². The minimum atomic E-state index is -0.485. The quantitative estimate of drug-likeness (QED) is 0.467. The first kappa shape index (κ1) is 14.6. The van der Waals surface area contributed by atoms with Crippen LogP contribution >= 0.6 is 0 Å². The SMILES string of the molecule is COCc1nc(NN)cc(Oc2ccc([N+](=O)[O-])cc2)n1. The molecule has 9 heteroatoms. The van der Waals surface area contributed by atoms with E-state index in [1.54, 1.807) is 0 Å². The summed E-state index contributed by atoms with van der Waals surface area (Å²) in [5, 5.41) is 10.6. The number of nitro groups is 1. The van der Waals surface area contributed by atoms with Gasteiger partial charge in [-0.1, -0.05) is 0 Å². The molecule has 2 aromatic rings. The van der Waals surface area contributed by atoms with Crippen LogP contribution in [0.2, 0.25) is 0 Å². The molecule has 2 rings (SSSR count). The van der Waals surface area contributed by atoms with Crippen molar-refractivity contribution in [1.29, 1.82) is 0 Å². The predicted molar refractivity (Wildman–Crippen MR) is 73.7 cm³/mol. The summed E-state index contributed by atoms with van der Waals surface area (Å²) in [6, 6.07) is 7.14. The lowest BCUT2D eigenvalue weighted by Crippen LogP contribution is -2.11. The van der Waals surface area contributed by atoms with E-state index in [9.17, 15) is 10.1 Å². The van der Waals surface area contributed by atoms with Gasteiger partial charge in [-0.05, 0) is 12.1 Å². The molecule has 0 aliphatic rings. The fourth-order valence-corrected chi connectivity index (χ4v) is 1.55. The van der Waals surface area contributed by atoms with Crippen LogP contribution in [-0.2, 0) is 11.3 Å². The van der Waals surface area contributed by atoms with Crippen LogP contribution < -0.4 is 16.0 Å². The van der Waals surface area contributed by atoms with Gasteiger partial charge in [-0.15, -0.1) is 0 Å². The molecular formula is C12H13N5O4. The van der Waals surface area contributed by atoms with Gasteiger partial charge in [0.15, 0.2) is 5.82 Å². The van der Waals surface area contributed by atoms with Gasteiger partial charge in [0.2, 0.25) is 5.88 Å². The van der Waals surface area contributed by atoms with E-state index in [0.29, 0.717) is 17.4 Å². The molecule has 0 spiro atoms. The molecule has 0 amide bonds. The second-order valence-electron chi connectivity index (χ2n) is 3.94. The maximum absolute atomic E-state index is 10.6. The van der Waals surface area contributed by atoms with Gasteiger partial charge in [0.25, 0.3) is 5.69 Å². The molecule has 21 heavy (non-hydrogen) atoms. The number of nitrogens with zero attached hydrogens (tertiary/aromatic N) is 3. The van der Waals surface area contributed by atoms with E-state index in [4.69, 9.17) is 15.3 Å². The molecule has 0 aliphatic carbocycles. The number of nitrogens with two attached hydrogens (primary N) is 1. The molecule has 1 heterocycles. The predicted octanol–water partition coefficient (Wildman–Crippen LogP) is 1.61. The summed E-state index contributed by atoms with van der Waals surface area (Å²) in [7, 11) is 1.52. The van der Waals surface area contributed by atoms with E-state index in [-0.39, 0.29) is 18.2 Å². The number of hydrogen-bond donors (Lipinski definition) is 2. The van der Waals surface area contributed by atoms with E-state index >= 15 is 0 Å². The Balaban J connectivity index is 2.21. The summed E-state index contributed by atoms with van der Waals surface area (Å²) >= 11 is 0. The number of benzene rings is 1. The Hall–Kier alpha value is -2.78. The number of nitro benzene ring substituents is 1. The largest absolute Gasteiger partial charge is 0.439 e. The molecule has 0 bridgehead atoms. The summed E-state index contributed by atoms with van der Waals surface area (Å²) in [6.07, 6.45) is 0. The molecule has 3 N–H and O–H groups in total. The molecule has 0 unspecified atom stereocenters. The van der Waals surface area contributed by atoms with Crippen molar-refractivity contribution in [2.45, 2.75) is 6.61 Å². The second kappa shape index (κ2) is 6.59. The molecule has 0 atom stereocenters. The van der Waals surface area contributed by atoms with Crippen molar-refractivity contribution in [2.24, 2.45) is 5.84 Å². The fraction of sp³-hybridized carbons (Fsp3) is 0.167. The van der Waals surface area contributed by atoms with Crippen LogP contribution in [0.1, 0.15) is 5.82 Å². The van der Waals surface area contributed by atoms with Gasteiger partial charge in [-0.2, -0.15) is 4.98 Å². The first-order chi connectivity index (χ1) is 10.1. The van der Waals surface area contributed by atoms with E-state index < -0.39 is 4.92 Å². The maximum Gasteiger partial charge on any atom is 0.269 e. The minimum Gasteiger partial charge on any atom is -0.439 e. The van der Waals surface area contributed by atoms with Gasteiger partial charge in [-0.3, -0.25) is 10.1 Å². The number of nitrogen functional groups attached to an aromatic ring is 1. The highest BCUT2D eigenvalue weighted by atomic mass is 16.6. The maximum atomic E-state index is 10.6. The Bertz CT molecular complexity index is 632. The Morgan fingerprint density at radius 1 is 1.33 bits per heavy atom. The third-order valence-corrected chi connectivity index (χ3v) is 2.44. The molecule has 0 saturated heterocycles. The third-order valence-electron chi connectivity index (χ3n) is 2.44. The van der Waals surface area contributed by atoms with Crippen molar-refractivity contribution in [3.05, 3.63) is 46.3 Å². The highest BCUT2D eigenvalue weighted by molar-refractivity contribution is 5.41. The molecule has 110 valence electrons. The zero-order valence-electron chi connectivity index (χ0n) is 11.1. The highest BCUT2D eigenvalue weighted by Crippen LogP contribution is 2.23. The first-order valence-electron chi connectivity index (χ1n) is 5.88. The molecule has 0 saturated carbocycles. The van der Waals surface area contributed by atoms with Crippen LogP contribution in [0, 0.1) is 10.1 Å². The van der Waals surface area contributed by atoms with Crippen molar-refractivity contribution in [3.8, 4) is 11.6 Å². The number of aromatic nitrogens is 2. The second-order valence-corrected chi connectivity index (χ2v) is 3.94. The normalized spacial score (nSPS) is 10.2. The van der Waals surface area contributed by atoms with Crippen molar-refractivity contribution in [2.75, 3.05) is 12.5 Å². The van der Waals surface area contributed by atoms with Crippen LogP contribution in [0.15, 0.2) is 30.3 Å². The number of hydrogen-bond acceptors (Lipinski definition) is 8. The summed E-state index contributed by atoms with van der Waals surface area (Å²) in [5.74, 6) is 6.74. The van der Waals surface area contributed by atoms with E-state index in [1.807, 2.05) is 0 Å². The van der Waals surface area contributed by atoms with Crippen LogP contribution in [0.5, 0.6) is 11.6 Å². The third kappa shape index (κ3) is 3.84. The summed E-state index contributed by atoms with van der Waals surface area (Å²) in [6.45, 7) is 0.201. The standard InChI is InChI=1S/C12H13N5O4/c1-20-7-11-14-10(16-13)6-12(15-11)21-9-4-2-8(3-5-9)17(18)19/h2-6H,7,13H2,1H3,(H,14,15,16). The van der Waals surface area contributed by atoms with Gasteiger partial charge < -0.3 is 14.9 Å². The zero-order valence-corrected chi connectivity index (χ0v) is 11.1. The molecule has 0 fully saturated rings. The smallest absolute Gasteiger partial charge is 0.269 e. The van der Waals surface area contributed by atoms with Gasteiger partial charge in [0, 0.05) is 25.3 Å². The van der Waals surface area contributed by atoms with E-state index in [0.717, 1.165) is 0 Å². The van der Waals surface area contributed by atoms with Crippen molar-refractivity contribution in [3.63, 3.8) is 0 Å². The number of methoxy groups -OCH3 is 1. The van der Waals surface area contributed by atoms with Crippen LogP contribution in [0.3, 0.4) is 0 Å². The number of non-ortho nitro benzene ring substituents is 1. The molecule has 1 aromatic carbocycles. The van der Waals surface area contributed by atoms with Gasteiger partial charge in [-0.25, -0.2) is 10.8 Å². The lowest BCUT2D eigenvalue weighted by molar-refractivity contribution is -0.384. The lowest BCUT2D eigenvalue weighted by atomic mass is 10.3. The summed E-state index contributed by atoms with van der Waals surface area (Å²) in [4.78, 5) is 18.3. The number of hydrazine groups is 1. The summed E-state index contributed by atoms with van der Waals surface area (Å²) < 4.78 is 10.5. The monoisotopic (exact) mass is 291 g/mol. The first-order valence-corrected chi connectivity index (χ1v) is 5.88. The minimum absolute atomic E-state index is 0.0191. The number of nitrogens with one attached hydrogen (secondary N) is 1. The summed E-state index contributed by atoms with van der Waals surface area (Å²) in [5.41, 5.74) is 2.38. The Labute approximate surface area is 119 Å². The number of ether oxygens (including phenoxy) is 2. The van der Waals surface area contributed by atoms with Crippen molar-refractivity contribution in [1.82, 2.24) is 9.97 Å². The molecule has 0 aliphatic heterocycles. The molecule has 9 nitrogen and oxygen atoms in total. The number of anilines is 1. The molecule has 0 radical (unpaired) electrons. The van der Waals surface area contributed by atoms with E-state index in [1.165, 1.54) is 37.4 Å². The Morgan fingerprint density at radius 3 is 2.62 bits per heavy atom. The topological polar surface area (TPSA) is 125 Å². The Morgan fingerprint density at radius 2 is 2.05 bits per heavy atom. The van der Waals surface area contributed by atoms with Gasteiger partial charge in [0.1, 0.15) is 18.2 Å². The zero-order chi connectivity index (χ0) is 15.2. The van der Waals surface area contributed by atoms with Crippen molar-refractivity contribution < 1.29 is 14.4 Å². The van der Waals surface area contributed by atoms with Crippen LogP contribution in [-0.4, -0.2) is 22.0 Å². The lowest BCUT2D eigenvalue weighted by Gasteiger charge is -2.08. The Kier molecular flexibility index (Phi) is 4.59. The fourth-order valence-electron chi connectivity index (χ4n) is 1.55. The average molecular weight is 291 g/mol. The van der Waals surface area contributed by atoms with Crippen molar-refractivity contribution >= 4 is 11.5 Å². The van der Waals surface area contributed by atoms with Gasteiger partial charge in [0.05, 0.1) is 4.92 Å². The van der Waals surface area contributed by atoms with Gasteiger partial charge >= 0.3 is 0 Å². The number of rotatable bonds is 6. The van der Waals surface area contributed by atoms with E-state index in [2.05, 4.69) is 15.4 Å². The average Bonchev–Trinajstić information content (AvgIpc) is 2.48. The molecule has 1 aromatic heterocycles. The molecular weight excluding hydrogens is 278 g/mol. The van der Waals surface area contributed by atoms with Crippen LogP contribution in [0.25, 0.3) is 0 Å². The highest BCUT2D eigenvalue weighted by Gasteiger charge is 2.08.